The molecule has 2 fully saturated rings. The van der Waals surface area contributed by atoms with Crippen LogP contribution in [0.25, 0.3) is 0 Å². The van der Waals surface area contributed by atoms with E-state index in [1.54, 1.807) is 6.92 Å². The first kappa shape index (κ1) is 25.9. The number of aliphatic carboxylic acids is 1. The van der Waals surface area contributed by atoms with E-state index in [1.165, 1.54) is 24.0 Å². The second-order valence-corrected chi connectivity index (χ2v) is 13.6. The van der Waals surface area contributed by atoms with Crippen molar-refractivity contribution in [3.8, 4) is 0 Å². The molecule has 34 heavy (non-hydrogen) atoms. The second-order valence-electron chi connectivity index (χ2n) is 13.6. The van der Waals surface area contributed by atoms with Gasteiger partial charge in [-0.1, -0.05) is 53.2 Å². The molecule has 0 aromatic rings. The maximum absolute atomic E-state index is 11.7. The summed E-state index contributed by atoms with van der Waals surface area (Å²) in [4.78, 5) is 11.2. The van der Waals surface area contributed by atoms with Gasteiger partial charge in [-0.25, -0.2) is 4.79 Å². The molecule has 0 aromatic heterocycles. The van der Waals surface area contributed by atoms with Gasteiger partial charge in [-0.05, 0) is 110 Å². The Balaban J connectivity index is 1.65. The SMILES string of the molecule is C/C(=C\CC[C@@H](C)C1CC[C@@]2(C)C3=C(CC[C@]12C)[C@@]1(C)CC[C@@H](O)C(C)(C)C1C[C@H]3O)C(=O)O. The molecule has 4 aliphatic carbocycles. The van der Waals surface area contributed by atoms with Gasteiger partial charge in [0.2, 0.25) is 0 Å². The first-order valence-corrected chi connectivity index (χ1v) is 13.7. The molecule has 3 N–H and O–H groups in total. The van der Waals surface area contributed by atoms with Crippen LogP contribution in [0.1, 0.15) is 106 Å². The summed E-state index contributed by atoms with van der Waals surface area (Å²) in [7, 11) is 0. The van der Waals surface area contributed by atoms with Gasteiger partial charge in [0.1, 0.15) is 0 Å². The minimum absolute atomic E-state index is 0.0138. The molecule has 0 spiro atoms. The fourth-order valence-corrected chi connectivity index (χ4v) is 9.44. The Labute approximate surface area is 206 Å². The van der Waals surface area contributed by atoms with Gasteiger partial charge in [0.05, 0.1) is 12.2 Å². The lowest BCUT2D eigenvalue weighted by Crippen LogP contribution is -2.57. The maximum atomic E-state index is 11.7. The van der Waals surface area contributed by atoms with Gasteiger partial charge in [0.25, 0.3) is 0 Å². The van der Waals surface area contributed by atoms with Gasteiger partial charge in [-0.3, -0.25) is 0 Å². The lowest BCUT2D eigenvalue weighted by Gasteiger charge is -2.63. The van der Waals surface area contributed by atoms with E-state index in [2.05, 4.69) is 41.5 Å². The van der Waals surface area contributed by atoms with E-state index in [1.807, 2.05) is 6.08 Å². The number of aliphatic hydroxyl groups excluding tert-OH is 2. The highest BCUT2D eigenvalue weighted by Gasteiger charge is 2.65. The zero-order valence-electron chi connectivity index (χ0n) is 22.6. The lowest BCUT2D eigenvalue weighted by molar-refractivity contribution is -0.132. The first-order chi connectivity index (χ1) is 15.7. The van der Waals surface area contributed by atoms with Crippen molar-refractivity contribution in [1.29, 1.82) is 0 Å². The molecule has 0 saturated heterocycles. The highest BCUT2D eigenvalue weighted by atomic mass is 16.4. The van der Waals surface area contributed by atoms with Crippen LogP contribution < -0.4 is 0 Å². The number of hydrogen-bond donors (Lipinski definition) is 3. The van der Waals surface area contributed by atoms with Gasteiger partial charge < -0.3 is 15.3 Å². The maximum Gasteiger partial charge on any atom is 0.330 e. The van der Waals surface area contributed by atoms with E-state index in [4.69, 9.17) is 5.11 Å². The van der Waals surface area contributed by atoms with E-state index < -0.39 is 12.1 Å². The van der Waals surface area contributed by atoms with Gasteiger partial charge in [-0.15, -0.1) is 0 Å². The summed E-state index contributed by atoms with van der Waals surface area (Å²) in [6.45, 7) is 15.8. The summed E-state index contributed by atoms with van der Waals surface area (Å²) in [5.74, 6) is 0.606. The Morgan fingerprint density at radius 1 is 1.09 bits per heavy atom. The van der Waals surface area contributed by atoms with Crippen molar-refractivity contribution in [3.63, 3.8) is 0 Å². The minimum atomic E-state index is -0.823. The number of allylic oxidation sites excluding steroid dienone is 2. The lowest BCUT2D eigenvalue weighted by atomic mass is 9.42. The van der Waals surface area contributed by atoms with Crippen LogP contribution >= 0.6 is 0 Å². The van der Waals surface area contributed by atoms with Crippen LogP contribution in [0, 0.1) is 39.4 Å². The van der Waals surface area contributed by atoms with Gasteiger partial charge >= 0.3 is 5.97 Å². The molecule has 0 aromatic carbocycles. The van der Waals surface area contributed by atoms with Crippen LogP contribution in [0.5, 0.6) is 0 Å². The van der Waals surface area contributed by atoms with E-state index in [0.29, 0.717) is 23.3 Å². The van der Waals surface area contributed by atoms with Crippen LogP contribution in [0.3, 0.4) is 0 Å². The number of fused-ring (bicyclic) bond motifs is 4. The Morgan fingerprint density at radius 2 is 1.76 bits per heavy atom. The molecular weight excluding hydrogens is 424 g/mol. The largest absolute Gasteiger partial charge is 0.478 e. The van der Waals surface area contributed by atoms with Crippen molar-refractivity contribution >= 4 is 5.97 Å². The molecule has 4 heteroatoms. The van der Waals surface area contributed by atoms with Crippen LogP contribution in [-0.2, 0) is 4.79 Å². The molecule has 0 bridgehead atoms. The topological polar surface area (TPSA) is 77.8 Å². The van der Waals surface area contributed by atoms with E-state index >= 15 is 0 Å². The van der Waals surface area contributed by atoms with Crippen molar-refractivity contribution in [2.24, 2.45) is 39.4 Å². The van der Waals surface area contributed by atoms with Crippen LogP contribution in [-0.4, -0.2) is 33.5 Å². The Morgan fingerprint density at radius 3 is 2.41 bits per heavy atom. The fraction of sp³-hybridized carbons (Fsp3) is 0.833. The summed E-state index contributed by atoms with van der Waals surface area (Å²) >= 11 is 0. The quantitative estimate of drug-likeness (QED) is 0.315. The number of carbonyl (C=O) groups is 1. The molecule has 2 unspecified atom stereocenters. The third-order valence-corrected chi connectivity index (χ3v) is 11.9. The Bertz CT molecular complexity index is 899. The van der Waals surface area contributed by atoms with E-state index in [0.717, 1.165) is 44.9 Å². The smallest absolute Gasteiger partial charge is 0.330 e. The number of aliphatic hydroxyl groups is 2. The Kier molecular flexibility index (Phi) is 6.47. The monoisotopic (exact) mass is 472 g/mol. The molecule has 4 rings (SSSR count). The molecule has 8 atom stereocenters. The summed E-state index contributed by atoms with van der Waals surface area (Å²) in [5, 5.41) is 31.7. The van der Waals surface area contributed by atoms with Crippen LogP contribution in [0.2, 0.25) is 0 Å². The number of carboxylic acid groups (broad SMARTS) is 1. The van der Waals surface area contributed by atoms with Crippen molar-refractivity contribution in [1.82, 2.24) is 0 Å². The zero-order chi connectivity index (χ0) is 25.3. The normalized spacial score (nSPS) is 44.8. The van der Waals surface area contributed by atoms with Crippen molar-refractivity contribution in [3.05, 3.63) is 22.8 Å². The summed E-state index contributed by atoms with van der Waals surface area (Å²) in [6, 6.07) is 0. The summed E-state index contributed by atoms with van der Waals surface area (Å²) < 4.78 is 0. The second kappa shape index (κ2) is 8.47. The predicted octanol–water partition coefficient (Wildman–Crippen LogP) is 6.51. The third kappa shape index (κ3) is 3.57. The van der Waals surface area contributed by atoms with Crippen molar-refractivity contribution in [2.45, 2.75) is 118 Å². The summed E-state index contributed by atoms with van der Waals surface area (Å²) in [5.41, 5.74) is 3.40. The molecule has 0 heterocycles. The molecule has 0 amide bonds. The zero-order valence-corrected chi connectivity index (χ0v) is 22.6. The number of hydrogen-bond acceptors (Lipinski definition) is 3. The van der Waals surface area contributed by atoms with Crippen molar-refractivity contribution < 1.29 is 20.1 Å². The average Bonchev–Trinajstić information content (AvgIpc) is 3.04. The molecule has 192 valence electrons. The molecule has 2 saturated carbocycles. The van der Waals surface area contributed by atoms with Gasteiger partial charge in [0.15, 0.2) is 0 Å². The highest BCUT2D eigenvalue weighted by molar-refractivity contribution is 5.85. The molecule has 4 nitrogen and oxygen atoms in total. The third-order valence-electron chi connectivity index (χ3n) is 11.9. The summed E-state index contributed by atoms with van der Waals surface area (Å²) in [6.07, 6.45) is 10.2. The van der Waals surface area contributed by atoms with Crippen LogP contribution in [0.4, 0.5) is 0 Å². The standard InChI is InChI=1S/C30H48O4/c1-18(9-8-10-19(2)26(33)34)20-11-16-30(7)25-21(12-15-29(20,30)6)28(5)14-13-24(32)27(3,4)23(28)17-22(25)31/h10,18,20,22-24,31-32H,8-9,11-17H2,1-7H3,(H,33,34)/b19-10+/t18-,20?,22-,23?,24-,28-,29-,30+/m1/s1. The van der Waals surface area contributed by atoms with E-state index in [-0.39, 0.29) is 27.8 Å². The highest BCUT2D eigenvalue weighted by Crippen LogP contribution is 2.72. The van der Waals surface area contributed by atoms with Gasteiger partial charge in [0, 0.05) is 5.57 Å². The molecule has 0 aliphatic heterocycles. The van der Waals surface area contributed by atoms with Crippen LogP contribution in [0.15, 0.2) is 22.8 Å². The Hall–Kier alpha value is -1.13. The number of rotatable bonds is 5. The average molecular weight is 473 g/mol. The molecule has 4 aliphatic rings. The van der Waals surface area contributed by atoms with Crippen molar-refractivity contribution in [2.75, 3.05) is 0 Å². The van der Waals surface area contributed by atoms with E-state index in [9.17, 15) is 15.0 Å². The minimum Gasteiger partial charge on any atom is -0.478 e. The number of carboxylic acids is 1. The van der Waals surface area contributed by atoms with Gasteiger partial charge in [-0.2, -0.15) is 0 Å². The predicted molar refractivity (Wildman–Crippen MR) is 136 cm³/mol. The first-order valence-electron chi connectivity index (χ1n) is 13.7. The fourth-order valence-electron chi connectivity index (χ4n) is 9.44. The molecular formula is C30H48O4. The molecule has 0 radical (unpaired) electrons.